The summed E-state index contributed by atoms with van der Waals surface area (Å²) >= 11 is 0. The Morgan fingerprint density at radius 1 is 0.786 bits per heavy atom. The fourth-order valence-electron chi connectivity index (χ4n) is 9.92. The first-order valence-electron chi connectivity index (χ1n) is 26.5. The van der Waals surface area contributed by atoms with Gasteiger partial charge in [0.15, 0.2) is 17.7 Å². The van der Waals surface area contributed by atoms with Gasteiger partial charge in [-0.05, 0) is 66.1 Å². The molecular formula is C52H69N8NaO22S. The first kappa shape index (κ1) is 68.5. The number of primary amides is 1. The van der Waals surface area contributed by atoms with Gasteiger partial charge in [0.1, 0.15) is 60.3 Å². The summed E-state index contributed by atoms with van der Waals surface area (Å²) in [5.74, 6) is -13.4. The molecule has 32 heteroatoms. The molecule has 3 aliphatic heterocycles. The summed E-state index contributed by atoms with van der Waals surface area (Å²) in [6.45, 7) is 3.68. The first-order chi connectivity index (χ1) is 39.0. The van der Waals surface area contributed by atoms with E-state index in [4.69, 9.17) is 10.5 Å². The molecule has 3 aliphatic rings. The number of hydrogen-bond donors (Lipinski definition) is 15. The molecule has 8 amide bonds. The molecule has 1 unspecified atom stereocenters. The number of benzene rings is 3. The summed E-state index contributed by atoms with van der Waals surface area (Å²) < 4.78 is 44.4. The van der Waals surface area contributed by atoms with Crippen LogP contribution in [0.15, 0.2) is 54.6 Å². The van der Waals surface area contributed by atoms with Crippen molar-refractivity contribution in [3.63, 3.8) is 0 Å². The second-order valence-corrected chi connectivity index (χ2v) is 21.8. The third-order valence-electron chi connectivity index (χ3n) is 14.4. The number of aliphatic hydroxyl groups excluding tert-OH is 8. The Labute approximate surface area is 503 Å². The molecule has 3 saturated heterocycles. The Hall–Kier alpha value is -6.33. The molecule has 3 aromatic rings. The van der Waals surface area contributed by atoms with Crippen LogP contribution in [0.2, 0.25) is 0 Å². The van der Waals surface area contributed by atoms with Crippen molar-refractivity contribution in [1.29, 1.82) is 0 Å². The third-order valence-corrected chi connectivity index (χ3v) is 14.8. The number of nitrogens with one attached hydrogen (secondary N) is 5. The van der Waals surface area contributed by atoms with Crippen LogP contribution in [0.4, 0.5) is 0 Å². The van der Waals surface area contributed by atoms with Crippen molar-refractivity contribution in [2.45, 2.75) is 151 Å². The molecule has 0 aliphatic carbocycles. The van der Waals surface area contributed by atoms with Crippen LogP contribution < -0.4 is 70.8 Å². The van der Waals surface area contributed by atoms with Gasteiger partial charge in [-0.1, -0.05) is 51.3 Å². The van der Waals surface area contributed by atoms with Crippen molar-refractivity contribution in [3.8, 4) is 17.2 Å². The molecular weight excluding hydrogens is 1140 g/mol. The van der Waals surface area contributed by atoms with Gasteiger partial charge in [0.2, 0.25) is 41.4 Å². The number of carbonyl (C=O) groups excluding carboxylic acids is 8. The molecule has 84 heavy (non-hydrogen) atoms. The van der Waals surface area contributed by atoms with Crippen molar-refractivity contribution in [2.24, 2.45) is 11.7 Å². The molecule has 0 aromatic heterocycles. The van der Waals surface area contributed by atoms with Gasteiger partial charge in [0.25, 0.3) is 16.3 Å². The maximum Gasteiger partial charge on any atom is 1.00 e. The SMILES string of the molecule is CCCCCCOc1ccc2cc(C(=O)N[C@@H]3C[C@@H](O)[C@@H](O)NC(=O)[C@@H]4[C@@H](O)[C@@H](C)CN4C(=O)[C@H]([C@H](O)CC(N)=O)NC(=O)[C@H]([C@H](O)[C@@H](O)c4ccc(O)c(OS(=O)(=O)[O-])c4)NC(=O)[C@@H]4C[C@@H](O)CN4C(=O)C([C@@H](C)O)NC3=O)ccc2c1.[Na+]. The van der Waals surface area contributed by atoms with Crippen molar-refractivity contribution in [3.05, 3.63) is 65.7 Å². The van der Waals surface area contributed by atoms with E-state index in [2.05, 4.69) is 27.1 Å². The van der Waals surface area contributed by atoms with E-state index in [9.17, 15) is 97.3 Å². The number of unbranched alkanes of at least 4 members (excludes halogenated alkanes) is 3. The van der Waals surface area contributed by atoms with Crippen LogP contribution >= 0.6 is 0 Å². The van der Waals surface area contributed by atoms with E-state index in [0.29, 0.717) is 45.1 Å². The average Bonchev–Trinajstić information content (AvgIpc) is 2.71. The second kappa shape index (κ2) is 29.7. The fraction of sp³-hybridized carbons (Fsp3) is 0.538. The van der Waals surface area contributed by atoms with Gasteiger partial charge < -0.3 is 102 Å². The number of fused-ring (bicyclic) bond motifs is 3. The van der Waals surface area contributed by atoms with Crippen molar-refractivity contribution in [2.75, 3.05) is 19.7 Å². The predicted molar refractivity (Wildman–Crippen MR) is 283 cm³/mol. The van der Waals surface area contributed by atoms with Crippen molar-refractivity contribution >= 4 is 68.4 Å². The molecule has 3 heterocycles. The van der Waals surface area contributed by atoms with Gasteiger partial charge in [-0.15, -0.1) is 0 Å². The number of phenols is 1. The van der Waals surface area contributed by atoms with Crippen LogP contribution in [0.3, 0.4) is 0 Å². The minimum atomic E-state index is -5.59. The largest absolute Gasteiger partial charge is 1.00 e. The number of aliphatic hydroxyl groups is 8. The van der Waals surface area contributed by atoms with Crippen molar-refractivity contribution in [1.82, 2.24) is 36.4 Å². The average molecular weight is 1210 g/mol. The molecule has 15 atom stereocenters. The molecule has 0 spiro atoms. The van der Waals surface area contributed by atoms with Crippen LogP contribution in [0.5, 0.6) is 17.2 Å². The molecule has 30 nitrogen and oxygen atoms in total. The van der Waals surface area contributed by atoms with E-state index in [1.165, 1.54) is 19.1 Å². The van der Waals surface area contributed by atoms with E-state index in [-0.39, 0.29) is 35.1 Å². The molecule has 3 aromatic carbocycles. The van der Waals surface area contributed by atoms with Crippen molar-refractivity contribution < 1.29 is 136 Å². The van der Waals surface area contributed by atoms with Crippen LogP contribution in [0.25, 0.3) is 10.8 Å². The van der Waals surface area contributed by atoms with Crippen LogP contribution in [-0.4, -0.2) is 215 Å². The Balaban J connectivity index is 0.0000129. The Morgan fingerprint density at radius 2 is 1.43 bits per heavy atom. The monoisotopic (exact) mass is 1210 g/mol. The van der Waals surface area contributed by atoms with Gasteiger partial charge in [0.05, 0.1) is 37.4 Å². The molecule has 16 N–H and O–H groups in total. The van der Waals surface area contributed by atoms with Crippen LogP contribution in [-0.2, 0) is 44.0 Å². The summed E-state index contributed by atoms with van der Waals surface area (Å²) in [7, 11) is -5.59. The van der Waals surface area contributed by atoms with Crippen LogP contribution in [0.1, 0.15) is 87.7 Å². The van der Waals surface area contributed by atoms with Crippen LogP contribution in [0, 0.1) is 5.92 Å². The molecule has 456 valence electrons. The minimum Gasteiger partial charge on any atom is -0.716 e. The minimum absolute atomic E-state index is 0. The molecule has 0 bridgehead atoms. The number of nitrogens with two attached hydrogens (primary N) is 1. The zero-order chi connectivity index (χ0) is 61.4. The number of ether oxygens (including phenoxy) is 1. The second-order valence-electron chi connectivity index (χ2n) is 20.8. The van der Waals surface area contributed by atoms with E-state index >= 15 is 0 Å². The topological polar surface area (TPSA) is 487 Å². The summed E-state index contributed by atoms with van der Waals surface area (Å²) in [5.41, 5.74) is 4.68. The quantitative estimate of drug-likeness (QED) is 0.0258. The van der Waals surface area contributed by atoms with Gasteiger partial charge in [0, 0.05) is 37.4 Å². The van der Waals surface area contributed by atoms with Gasteiger partial charge >= 0.3 is 29.6 Å². The molecule has 3 fully saturated rings. The Bertz CT molecular complexity index is 3020. The van der Waals surface area contributed by atoms with E-state index < -0.39 is 198 Å². The summed E-state index contributed by atoms with van der Waals surface area (Å²) in [4.78, 5) is 114. The van der Waals surface area contributed by atoms with Gasteiger partial charge in [-0.2, -0.15) is 0 Å². The molecule has 0 saturated carbocycles. The number of rotatable bonds is 17. The van der Waals surface area contributed by atoms with E-state index in [0.717, 1.165) is 38.7 Å². The number of hydrogen-bond acceptors (Lipinski definition) is 22. The first-order valence-corrected chi connectivity index (χ1v) is 27.8. The number of amides is 8. The van der Waals surface area contributed by atoms with E-state index in [1.54, 1.807) is 24.3 Å². The molecule has 6 rings (SSSR count). The zero-order valence-corrected chi connectivity index (χ0v) is 49.0. The Kier molecular flexibility index (Phi) is 24.2. The Morgan fingerprint density at radius 3 is 2.08 bits per heavy atom. The number of phenolic OH excluding ortho intramolecular Hbond substituents is 1. The molecule has 0 radical (unpaired) electrons. The third kappa shape index (κ3) is 17.2. The smallest absolute Gasteiger partial charge is 0.716 e. The maximum absolute atomic E-state index is 14.6. The van der Waals surface area contributed by atoms with E-state index in [1.807, 2.05) is 10.6 Å². The predicted octanol–water partition coefficient (Wildman–Crippen LogP) is -8.02. The summed E-state index contributed by atoms with van der Waals surface area (Å²) in [5, 5.41) is 113. The fourth-order valence-corrected chi connectivity index (χ4v) is 10.3. The maximum atomic E-state index is 14.6. The number of aromatic hydroxyl groups is 1. The zero-order valence-electron chi connectivity index (χ0n) is 46.1. The number of carbonyl (C=O) groups is 8. The standard InChI is InChI=1S/C52H70N8O22S.Na/c1-4-5-6-7-14-81-30-12-10-25-15-28(9-8-26(25)16-30)45(70)54-31-19-35(65)48(73)58-50(75)41-42(67)23(2)21-60(41)52(77)39(34(64)20-37(53)66)56-49(74)40(44(69)43(68)27-11-13-33(63)36(17-27)82-83(78,79)80)57-47(72)32-18-29(62)22-59(32)51(76)38(24(3)61)55-46(31)71;/h8-13,15-17,23-24,29,31-32,34-35,38-44,48,61-65,67-69,73H,4-7,14,18-22H2,1-3H3,(H2,53,66)(H,54,70)(H,55,71)(H,56,74)(H,57,72)(H,58,75)(H,78,79,80);/q;+1/p-1/t23-,24+,29+,31+,32-,34+,35+,38?,39-,40-,41-,42-,43-,44-,48+;/m0./s1. The normalized spacial score (nSPS) is 27.3. The number of nitrogens with zero attached hydrogens (tertiary/aromatic N) is 2. The summed E-state index contributed by atoms with van der Waals surface area (Å²) in [6.07, 6.45) is -16.2. The summed E-state index contributed by atoms with van der Waals surface area (Å²) in [6, 6.07) is -1.37. The van der Waals surface area contributed by atoms with Gasteiger partial charge in [-0.3, -0.25) is 38.4 Å². The van der Waals surface area contributed by atoms with Gasteiger partial charge in [-0.25, -0.2) is 8.42 Å².